The van der Waals surface area contributed by atoms with E-state index in [4.69, 9.17) is 14.9 Å². The van der Waals surface area contributed by atoms with Gasteiger partial charge >= 0.3 is 0 Å². The molecule has 4 heteroatoms. The Kier molecular flexibility index (Phi) is 3.75. The van der Waals surface area contributed by atoms with E-state index in [1.165, 1.54) is 0 Å². The highest BCUT2D eigenvalue weighted by Gasteiger charge is 2.17. The first-order chi connectivity index (χ1) is 6.49. The standard InChI is InChI=1S/C10H20N2O2/c1-10(2,3)8-14-9(11)12-4-6-13-7-5-12/h11H,4-8H2,1-3H3. The summed E-state index contributed by atoms with van der Waals surface area (Å²) in [6.45, 7) is 9.80. The molecule has 0 aromatic rings. The highest BCUT2D eigenvalue weighted by molar-refractivity contribution is 5.70. The fraction of sp³-hybridized carbons (Fsp3) is 0.900. The average molecular weight is 200 g/mol. The molecule has 0 amide bonds. The second-order valence-corrected chi connectivity index (χ2v) is 4.75. The Morgan fingerprint density at radius 1 is 1.36 bits per heavy atom. The monoisotopic (exact) mass is 200 g/mol. The van der Waals surface area contributed by atoms with Gasteiger partial charge in [-0.3, -0.25) is 5.41 Å². The van der Waals surface area contributed by atoms with Crippen molar-refractivity contribution in [1.29, 1.82) is 5.41 Å². The molecule has 82 valence electrons. The number of hydrogen-bond acceptors (Lipinski definition) is 3. The van der Waals surface area contributed by atoms with Crippen LogP contribution in [-0.2, 0) is 9.47 Å². The molecule has 0 aromatic carbocycles. The normalized spacial score (nSPS) is 18.1. The van der Waals surface area contributed by atoms with Gasteiger partial charge in [-0.15, -0.1) is 0 Å². The molecule has 0 saturated carbocycles. The maximum absolute atomic E-state index is 7.71. The molecule has 1 N–H and O–H groups in total. The van der Waals surface area contributed by atoms with E-state index in [-0.39, 0.29) is 11.4 Å². The molecule has 14 heavy (non-hydrogen) atoms. The Balaban J connectivity index is 2.27. The highest BCUT2D eigenvalue weighted by Crippen LogP contribution is 2.13. The lowest BCUT2D eigenvalue weighted by Gasteiger charge is -2.29. The van der Waals surface area contributed by atoms with Crippen LogP contribution >= 0.6 is 0 Å². The van der Waals surface area contributed by atoms with E-state index < -0.39 is 0 Å². The van der Waals surface area contributed by atoms with Gasteiger partial charge in [-0.05, 0) is 5.41 Å². The molecule has 1 fully saturated rings. The van der Waals surface area contributed by atoms with Gasteiger partial charge in [0.2, 0.25) is 0 Å². The third kappa shape index (κ3) is 3.96. The second-order valence-electron chi connectivity index (χ2n) is 4.75. The molecule has 0 unspecified atom stereocenters. The van der Waals surface area contributed by atoms with Crippen molar-refractivity contribution in [3.63, 3.8) is 0 Å². The minimum atomic E-state index is 0.110. The molecule has 0 aliphatic carbocycles. The molecule has 1 rings (SSSR count). The Morgan fingerprint density at radius 2 is 1.93 bits per heavy atom. The van der Waals surface area contributed by atoms with Crippen LogP contribution in [0.15, 0.2) is 0 Å². The number of nitrogens with zero attached hydrogens (tertiary/aromatic N) is 1. The minimum Gasteiger partial charge on any atom is -0.465 e. The fourth-order valence-corrected chi connectivity index (χ4v) is 1.14. The van der Waals surface area contributed by atoms with E-state index in [0.29, 0.717) is 19.8 Å². The van der Waals surface area contributed by atoms with Crippen molar-refractivity contribution in [1.82, 2.24) is 4.90 Å². The van der Waals surface area contributed by atoms with E-state index >= 15 is 0 Å². The summed E-state index contributed by atoms with van der Waals surface area (Å²) in [5.41, 5.74) is 0.110. The average Bonchev–Trinajstić information content (AvgIpc) is 2.14. The van der Waals surface area contributed by atoms with Crippen molar-refractivity contribution in [2.75, 3.05) is 32.9 Å². The zero-order valence-corrected chi connectivity index (χ0v) is 9.30. The summed E-state index contributed by atoms with van der Waals surface area (Å²) in [5, 5.41) is 7.71. The van der Waals surface area contributed by atoms with Crippen LogP contribution in [0.1, 0.15) is 20.8 Å². The third-order valence-corrected chi connectivity index (χ3v) is 1.94. The molecule has 1 aliphatic rings. The van der Waals surface area contributed by atoms with Crippen LogP contribution in [0.25, 0.3) is 0 Å². The Bertz CT molecular complexity index is 193. The van der Waals surface area contributed by atoms with Gasteiger partial charge in [0, 0.05) is 13.1 Å². The van der Waals surface area contributed by atoms with Crippen molar-refractivity contribution in [3.8, 4) is 0 Å². The fourth-order valence-electron chi connectivity index (χ4n) is 1.14. The molecule has 1 heterocycles. The molecular formula is C10H20N2O2. The van der Waals surface area contributed by atoms with E-state index in [2.05, 4.69) is 20.8 Å². The summed E-state index contributed by atoms with van der Waals surface area (Å²) in [6.07, 6.45) is 0. The molecule has 1 saturated heterocycles. The summed E-state index contributed by atoms with van der Waals surface area (Å²) in [5.74, 6) is 0. The van der Waals surface area contributed by atoms with Crippen molar-refractivity contribution in [2.24, 2.45) is 5.41 Å². The Morgan fingerprint density at radius 3 is 2.43 bits per heavy atom. The molecule has 0 spiro atoms. The van der Waals surface area contributed by atoms with Crippen LogP contribution in [0.3, 0.4) is 0 Å². The molecule has 4 nitrogen and oxygen atoms in total. The van der Waals surface area contributed by atoms with E-state index in [1.54, 1.807) is 0 Å². The summed E-state index contributed by atoms with van der Waals surface area (Å²) in [7, 11) is 0. The molecule has 0 radical (unpaired) electrons. The van der Waals surface area contributed by atoms with Crippen molar-refractivity contribution >= 4 is 6.02 Å². The van der Waals surface area contributed by atoms with Crippen LogP contribution < -0.4 is 0 Å². The lowest BCUT2D eigenvalue weighted by atomic mass is 9.99. The summed E-state index contributed by atoms with van der Waals surface area (Å²) < 4.78 is 10.6. The molecule has 0 aromatic heterocycles. The van der Waals surface area contributed by atoms with E-state index in [1.807, 2.05) is 4.90 Å². The number of amidine groups is 1. The maximum Gasteiger partial charge on any atom is 0.284 e. The summed E-state index contributed by atoms with van der Waals surface area (Å²) >= 11 is 0. The second kappa shape index (κ2) is 4.64. The smallest absolute Gasteiger partial charge is 0.284 e. The van der Waals surface area contributed by atoms with Gasteiger partial charge in [0.1, 0.15) is 0 Å². The molecular weight excluding hydrogens is 180 g/mol. The first-order valence-electron chi connectivity index (χ1n) is 5.03. The lowest BCUT2D eigenvalue weighted by Crippen LogP contribution is -2.42. The van der Waals surface area contributed by atoms with Gasteiger partial charge in [-0.25, -0.2) is 0 Å². The Hall–Kier alpha value is -0.770. The van der Waals surface area contributed by atoms with Crippen LogP contribution in [0.5, 0.6) is 0 Å². The van der Waals surface area contributed by atoms with E-state index in [9.17, 15) is 0 Å². The van der Waals surface area contributed by atoms with E-state index in [0.717, 1.165) is 13.1 Å². The van der Waals surface area contributed by atoms with Crippen LogP contribution in [0, 0.1) is 10.8 Å². The first kappa shape index (κ1) is 11.3. The predicted octanol–water partition coefficient (Wildman–Crippen LogP) is 1.32. The number of rotatable bonds is 1. The molecule has 0 bridgehead atoms. The lowest BCUT2D eigenvalue weighted by molar-refractivity contribution is 0.0491. The van der Waals surface area contributed by atoms with Crippen LogP contribution in [0.2, 0.25) is 0 Å². The third-order valence-electron chi connectivity index (χ3n) is 1.94. The van der Waals surface area contributed by atoms with Gasteiger partial charge in [-0.1, -0.05) is 20.8 Å². The largest absolute Gasteiger partial charge is 0.465 e. The highest BCUT2D eigenvalue weighted by atomic mass is 16.5. The van der Waals surface area contributed by atoms with Gasteiger partial charge in [0.05, 0.1) is 19.8 Å². The van der Waals surface area contributed by atoms with Gasteiger partial charge in [0.15, 0.2) is 0 Å². The topological polar surface area (TPSA) is 45.5 Å². The number of ether oxygens (including phenoxy) is 2. The van der Waals surface area contributed by atoms with Gasteiger partial charge < -0.3 is 14.4 Å². The minimum absolute atomic E-state index is 0.110. The number of hydrogen-bond donors (Lipinski definition) is 1. The van der Waals surface area contributed by atoms with Crippen molar-refractivity contribution in [2.45, 2.75) is 20.8 Å². The van der Waals surface area contributed by atoms with Crippen LogP contribution in [-0.4, -0.2) is 43.8 Å². The van der Waals surface area contributed by atoms with Crippen molar-refractivity contribution < 1.29 is 9.47 Å². The first-order valence-corrected chi connectivity index (χ1v) is 5.03. The zero-order chi connectivity index (χ0) is 10.6. The van der Waals surface area contributed by atoms with Crippen molar-refractivity contribution in [3.05, 3.63) is 0 Å². The quantitative estimate of drug-likeness (QED) is 0.513. The zero-order valence-electron chi connectivity index (χ0n) is 9.30. The SMILES string of the molecule is CC(C)(C)COC(=N)N1CCOCC1. The maximum atomic E-state index is 7.71. The molecule has 1 aliphatic heterocycles. The van der Waals surface area contributed by atoms with Crippen LogP contribution in [0.4, 0.5) is 0 Å². The number of nitrogens with one attached hydrogen (secondary N) is 1. The number of morpholine rings is 1. The molecule has 0 atom stereocenters. The van der Waals surface area contributed by atoms with Gasteiger partial charge in [0.25, 0.3) is 6.02 Å². The van der Waals surface area contributed by atoms with Gasteiger partial charge in [-0.2, -0.15) is 0 Å². The predicted molar refractivity (Wildman–Crippen MR) is 55.5 cm³/mol. The summed E-state index contributed by atoms with van der Waals surface area (Å²) in [6, 6.07) is 0.281. The Labute approximate surface area is 85.7 Å². The summed E-state index contributed by atoms with van der Waals surface area (Å²) in [4.78, 5) is 1.91.